The summed E-state index contributed by atoms with van der Waals surface area (Å²) in [5, 5.41) is 11.1. The maximum atomic E-state index is 12.4. The predicted octanol–water partition coefficient (Wildman–Crippen LogP) is 5.61. The Bertz CT molecular complexity index is 971. The second-order valence-electron chi connectivity index (χ2n) is 11.5. The maximum absolute atomic E-state index is 12.4. The molecular weight excluding hydrogens is 382 g/mol. The van der Waals surface area contributed by atoms with Gasteiger partial charge in [-0.3, -0.25) is 9.89 Å². The molecule has 3 unspecified atom stereocenters. The van der Waals surface area contributed by atoms with Crippen LogP contribution < -0.4 is 5.32 Å². The van der Waals surface area contributed by atoms with E-state index in [0.717, 1.165) is 18.8 Å². The Morgan fingerprint density at radius 2 is 2.03 bits per heavy atom. The van der Waals surface area contributed by atoms with Crippen LogP contribution in [-0.4, -0.2) is 21.6 Å². The van der Waals surface area contributed by atoms with Crippen LogP contribution in [0.5, 0.6) is 0 Å². The van der Waals surface area contributed by atoms with Gasteiger partial charge in [-0.2, -0.15) is 5.10 Å². The van der Waals surface area contributed by atoms with E-state index in [-0.39, 0.29) is 16.9 Å². The molecule has 5 rings (SSSR count). The SMILES string of the molecule is CC(C)(C)NC(=O)CCC[C@@H]1c2c[nH]nc2[C@@]2(C)CCC3c4ccccc4CCC3C12. The number of H-pyrrole nitrogens is 1. The molecule has 3 aliphatic rings. The van der Waals surface area contributed by atoms with Crippen molar-refractivity contribution >= 4 is 5.91 Å². The van der Waals surface area contributed by atoms with Crippen LogP contribution in [0.1, 0.15) is 100 Å². The molecule has 1 aromatic carbocycles. The van der Waals surface area contributed by atoms with Crippen molar-refractivity contribution < 1.29 is 4.79 Å². The summed E-state index contributed by atoms with van der Waals surface area (Å²) in [6.07, 6.45) is 9.76. The van der Waals surface area contributed by atoms with E-state index in [9.17, 15) is 4.79 Å². The number of aromatic amines is 1. The molecule has 166 valence electrons. The molecule has 1 aromatic heterocycles. The quantitative estimate of drug-likeness (QED) is 0.677. The van der Waals surface area contributed by atoms with E-state index in [2.05, 4.69) is 47.8 Å². The number of aryl methyl sites for hydroxylation is 1. The van der Waals surface area contributed by atoms with Crippen molar-refractivity contribution in [1.29, 1.82) is 0 Å². The van der Waals surface area contributed by atoms with E-state index >= 15 is 0 Å². The van der Waals surface area contributed by atoms with Crippen LogP contribution in [0.25, 0.3) is 0 Å². The van der Waals surface area contributed by atoms with Crippen LogP contribution in [0.4, 0.5) is 0 Å². The van der Waals surface area contributed by atoms with Crippen molar-refractivity contribution in [2.24, 2.45) is 11.8 Å². The number of amides is 1. The summed E-state index contributed by atoms with van der Waals surface area (Å²) >= 11 is 0. The number of nitrogens with zero attached hydrogens (tertiary/aromatic N) is 1. The van der Waals surface area contributed by atoms with Gasteiger partial charge in [-0.05, 0) is 99.7 Å². The van der Waals surface area contributed by atoms with Crippen molar-refractivity contribution in [3.8, 4) is 0 Å². The zero-order valence-electron chi connectivity index (χ0n) is 19.5. The number of hydrogen-bond donors (Lipinski definition) is 2. The van der Waals surface area contributed by atoms with Crippen molar-refractivity contribution in [1.82, 2.24) is 15.5 Å². The third-order valence-corrected chi connectivity index (χ3v) is 8.37. The van der Waals surface area contributed by atoms with Crippen LogP contribution >= 0.6 is 0 Å². The van der Waals surface area contributed by atoms with Gasteiger partial charge in [0.2, 0.25) is 5.91 Å². The summed E-state index contributed by atoms with van der Waals surface area (Å²) in [6.45, 7) is 8.62. The Morgan fingerprint density at radius 3 is 2.84 bits per heavy atom. The minimum Gasteiger partial charge on any atom is -0.352 e. The Balaban J connectivity index is 1.39. The number of aromatic nitrogens is 2. The highest BCUT2D eigenvalue weighted by Crippen LogP contribution is 2.64. The highest BCUT2D eigenvalue weighted by molar-refractivity contribution is 5.76. The van der Waals surface area contributed by atoms with Gasteiger partial charge in [0.25, 0.3) is 0 Å². The van der Waals surface area contributed by atoms with Crippen LogP contribution in [0, 0.1) is 11.8 Å². The summed E-state index contributed by atoms with van der Waals surface area (Å²) in [6, 6.07) is 9.14. The minimum atomic E-state index is -0.160. The van der Waals surface area contributed by atoms with Gasteiger partial charge in [0, 0.05) is 23.6 Å². The fourth-order valence-corrected chi connectivity index (χ4v) is 7.32. The van der Waals surface area contributed by atoms with E-state index in [4.69, 9.17) is 5.10 Å². The second-order valence-corrected chi connectivity index (χ2v) is 11.5. The lowest BCUT2D eigenvalue weighted by atomic mass is 9.53. The standard InChI is InChI=1S/C27H37N3O/c1-26(2,3)29-23(31)11-7-10-20-22-16-28-30-25(22)27(4)15-14-19-18-9-6-5-8-17(18)12-13-21(19)24(20)27/h5-6,8-9,16,19-21,24H,7,10-15H2,1-4H3,(H,28,30)(H,29,31)/t19?,20-,21?,24?,27+/m1/s1. The van der Waals surface area contributed by atoms with E-state index in [1.54, 1.807) is 11.1 Å². The maximum Gasteiger partial charge on any atom is 0.220 e. The molecule has 0 saturated heterocycles. The molecule has 0 radical (unpaired) electrons. The Hall–Kier alpha value is -2.10. The first kappa shape index (κ1) is 20.8. The third-order valence-electron chi connectivity index (χ3n) is 8.37. The molecule has 5 atom stereocenters. The molecule has 1 saturated carbocycles. The summed E-state index contributed by atoms with van der Waals surface area (Å²) in [5.41, 5.74) is 5.94. The third kappa shape index (κ3) is 3.52. The molecule has 0 spiro atoms. The Kier molecular flexibility index (Phi) is 5.02. The van der Waals surface area contributed by atoms with Crippen LogP contribution in [0.15, 0.2) is 30.5 Å². The first-order chi connectivity index (χ1) is 14.8. The van der Waals surface area contributed by atoms with E-state index in [0.29, 0.717) is 24.2 Å². The molecule has 31 heavy (non-hydrogen) atoms. The van der Waals surface area contributed by atoms with Crippen LogP contribution in [-0.2, 0) is 16.6 Å². The monoisotopic (exact) mass is 419 g/mol. The largest absolute Gasteiger partial charge is 0.352 e. The zero-order chi connectivity index (χ0) is 21.8. The molecule has 4 nitrogen and oxygen atoms in total. The van der Waals surface area contributed by atoms with Crippen molar-refractivity contribution in [2.45, 2.75) is 95.4 Å². The average molecular weight is 420 g/mol. The number of fused-ring (bicyclic) bond motifs is 7. The Labute approximate surface area is 186 Å². The lowest BCUT2D eigenvalue weighted by Crippen LogP contribution is -2.44. The molecule has 1 heterocycles. The van der Waals surface area contributed by atoms with Gasteiger partial charge in [-0.15, -0.1) is 0 Å². The summed E-state index contributed by atoms with van der Waals surface area (Å²) in [4.78, 5) is 12.4. The molecule has 1 amide bonds. The van der Waals surface area contributed by atoms with Crippen LogP contribution in [0.3, 0.4) is 0 Å². The fraction of sp³-hybridized carbons (Fsp3) is 0.630. The topological polar surface area (TPSA) is 57.8 Å². The number of benzene rings is 1. The predicted molar refractivity (Wildman–Crippen MR) is 124 cm³/mol. The first-order valence-electron chi connectivity index (χ1n) is 12.2. The smallest absolute Gasteiger partial charge is 0.220 e. The molecule has 2 N–H and O–H groups in total. The zero-order valence-corrected chi connectivity index (χ0v) is 19.5. The molecular formula is C27H37N3O. The van der Waals surface area contributed by atoms with Gasteiger partial charge < -0.3 is 5.32 Å². The van der Waals surface area contributed by atoms with Gasteiger partial charge in [0.05, 0.1) is 5.69 Å². The number of nitrogens with one attached hydrogen (secondary N) is 2. The van der Waals surface area contributed by atoms with Crippen molar-refractivity contribution in [2.75, 3.05) is 0 Å². The highest BCUT2D eigenvalue weighted by atomic mass is 16.1. The van der Waals surface area contributed by atoms with Gasteiger partial charge >= 0.3 is 0 Å². The summed E-state index contributed by atoms with van der Waals surface area (Å²) < 4.78 is 0. The highest BCUT2D eigenvalue weighted by Gasteiger charge is 2.57. The molecule has 2 aromatic rings. The first-order valence-corrected chi connectivity index (χ1v) is 12.2. The molecule has 0 bridgehead atoms. The number of carbonyl (C=O) groups is 1. The van der Waals surface area contributed by atoms with Gasteiger partial charge in [0.1, 0.15) is 0 Å². The number of rotatable bonds is 4. The fourth-order valence-electron chi connectivity index (χ4n) is 7.32. The number of hydrogen-bond acceptors (Lipinski definition) is 2. The summed E-state index contributed by atoms with van der Waals surface area (Å²) in [7, 11) is 0. The van der Waals surface area contributed by atoms with Crippen molar-refractivity contribution in [3.05, 3.63) is 52.8 Å². The molecule has 0 aliphatic heterocycles. The van der Waals surface area contributed by atoms with E-state index < -0.39 is 0 Å². The van der Waals surface area contributed by atoms with Gasteiger partial charge in [-0.25, -0.2) is 0 Å². The van der Waals surface area contributed by atoms with Gasteiger partial charge in [0.15, 0.2) is 0 Å². The number of carbonyl (C=O) groups excluding carboxylic acids is 1. The summed E-state index contributed by atoms with van der Waals surface area (Å²) in [5.74, 6) is 2.73. The van der Waals surface area contributed by atoms with Crippen molar-refractivity contribution in [3.63, 3.8) is 0 Å². The lowest BCUT2D eigenvalue weighted by Gasteiger charge is -2.50. The second kappa shape index (κ2) is 7.50. The van der Waals surface area contributed by atoms with E-state index in [1.165, 1.54) is 36.9 Å². The average Bonchev–Trinajstić information content (AvgIpc) is 3.28. The van der Waals surface area contributed by atoms with Gasteiger partial charge in [-0.1, -0.05) is 31.2 Å². The molecule has 3 aliphatic carbocycles. The minimum absolute atomic E-state index is 0.160. The lowest BCUT2D eigenvalue weighted by molar-refractivity contribution is -0.122. The molecule has 1 fully saturated rings. The van der Waals surface area contributed by atoms with E-state index in [1.807, 2.05) is 20.8 Å². The van der Waals surface area contributed by atoms with Crippen LogP contribution in [0.2, 0.25) is 0 Å². The molecule has 4 heteroatoms. The Morgan fingerprint density at radius 1 is 1.23 bits per heavy atom. The normalized spacial score (nSPS) is 31.4.